The van der Waals surface area contributed by atoms with Crippen molar-refractivity contribution >= 4 is 23.2 Å². The van der Waals surface area contributed by atoms with E-state index in [1.165, 1.54) is 6.07 Å². The Morgan fingerprint density at radius 1 is 1.09 bits per heavy atom. The van der Waals surface area contributed by atoms with Gasteiger partial charge in [-0.15, -0.1) is 15.3 Å². The maximum Gasteiger partial charge on any atom is 0.453 e. The lowest BCUT2D eigenvalue weighted by molar-refractivity contribution is -0.148. The first kappa shape index (κ1) is 23.3. The van der Waals surface area contributed by atoms with Gasteiger partial charge in [0.1, 0.15) is 5.82 Å². The van der Waals surface area contributed by atoms with Gasteiger partial charge in [0, 0.05) is 36.1 Å². The lowest BCUT2D eigenvalue weighted by atomic mass is 9.97. The van der Waals surface area contributed by atoms with Crippen molar-refractivity contribution in [3.8, 4) is 0 Å². The Balaban J connectivity index is 1.17. The Labute approximate surface area is 198 Å². The van der Waals surface area contributed by atoms with Gasteiger partial charge in [0.2, 0.25) is 5.78 Å². The van der Waals surface area contributed by atoms with Gasteiger partial charge in [-0.3, -0.25) is 9.59 Å². The Bertz CT molecular complexity index is 1290. The third-order valence-corrected chi connectivity index (χ3v) is 6.70. The van der Waals surface area contributed by atoms with Gasteiger partial charge in [-0.2, -0.15) is 17.7 Å². The lowest BCUT2D eigenvalue weighted by Crippen LogP contribution is -2.38. The number of ether oxygens (including phenoxy) is 1. The average molecular weight is 490 g/mol. The van der Waals surface area contributed by atoms with E-state index in [1.54, 1.807) is 11.0 Å². The van der Waals surface area contributed by atoms with E-state index in [4.69, 9.17) is 4.74 Å². The maximum absolute atomic E-state index is 13.1. The Kier molecular flexibility index (Phi) is 5.76. The van der Waals surface area contributed by atoms with E-state index in [9.17, 15) is 22.8 Å². The summed E-state index contributed by atoms with van der Waals surface area (Å²) in [5.74, 6) is -1.88. The molecule has 186 valence electrons. The van der Waals surface area contributed by atoms with Gasteiger partial charge in [0.15, 0.2) is 12.3 Å². The molecular weight excluding hydrogens is 465 g/mol. The van der Waals surface area contributed by atoms with Crippen molar-refractivity contribution < 1.29 is 27.5 Å². The minimum absolute atomic E-state index is 0.00195. The highest BCUT2D eigenvalue weighted by molar-refractivity contribution is 5.99. The lowest BCUT2D eigenvalue weighted by Gasteiger charge is -2.31. The number of hydrogen-bond donors (Lipinski definition) is 0. The van der Waals surface area contributed by atoms with Gasteiger partial charge in [0.05, 0.1) is 5.92 Å². The number of anilines is 1. The molecule has 0 aromatic carbocycles. The third-order valence-electron chi connectivity index (χ3n) is 6.70. The molecule has 1 saturated heterocycles. The van der Waals surface area contributed by atoms with Crippen LogP contribution >= 0.6 is 0 Å². The number of Topliss-reactive ketones (excluding diaryl/α,β-unsaturated/α-hetero) is 1. The number of alkyl halides is 3. The predicted octanol–water partition coefficient (Wildman–Crippen LogP) is 3.54. The fraction of sp³-hybridized carbons (Fsp3) is 0.522. The van der Waals surface area contributed by atoms with Crippen molar-refractivity contribution in [3.63, 3.8) is 0 Å². The number of rotatable bonds is 6. The highest BCUT2D eigenvalue weighted by Crippen LogP contribution is 2.38. The van der Waals surface area contributed by atoms with Crippen molar-refractivity contribution in [2.24, 2.45) is 5.92 Å². The monoisotopic (exact) mass is 490 g/mol. The predicted molar refractivity (Wildman–Crippen MR) is 118 cm³/mol. The van der Waals surface area contributed by atoms with Crippen LogP contribution in [-0.2, 0) is 15.7 Å². The van der Waals surface area contributed by atoms with E-state index in [0.29, 0.717) is 47.9 Å². The molecule has 1 saturated carbocycles. The van der Waals surface area contributed by atoms with E-state index in [-0.39, 0.29) is 24.0 Å². The second-order valence-corrected chi connectivity index (χ2v) is 9.16. The first-order valence-electron chi connectivity index (χ1n) is 11.6. The van der Waals surface area contributed by atoms with Crippen LogP contribution in [0.15, 0.2) is 18.2 Å². The number of carbonyl (C=O) groups excluding carboxylic acids is 2. The van der Waals surface area contributed by atoms with E-state index < -0.39 is 18.0 Å². The number of fused-ring (bicyclic) bond motifs is 1. The van der Waals surface area contributed by atoms with Crippen LogP contribution in [0.5, 0.6) is 0 Å². The number of aromatic nitrogens is 5. The van der Waals surface area contributed by atoms with Crippen molar-refractivity contribution in [2.75, 3.05) is 24.6 Å². The summed E-state index contributed by atoms with van der Waals surface area (Å²) in [4.78, 5) is 27.1. The standard InChI is InChI=1S/C23H25F3N6O3/c1-13-11-17(14(2)31(13)16-3-4-16)18(33)12-35-21(34)15-7-9-30(10-8-15)20-6-5-19-27-28-22(23(24,25)26)32(19)29-20/h5-6,11,15-16H,3-4,7-10,12H2,1-2H3. The number of hydrogen-bond acceptors (Lipinski definition) is 7. The van der Waals surface area contributed by atoms with Gasteiger partial charge in [0.25, 0.3) is 5.82 Å². The van der Waals surface area contributed by atoms with Crippen LogP contribution < -0.4 is 4.90 Å². The summed E-state index contributed by atoms with van der Waals surface area (Å²) in [5.41, 5.74) is 2.53. The summed E-state index contributed by atoms with van der Waals surface area (Å²) in [7, 11) is 0. The molecule has 1 aliphatic heterocycles. The quantitative estimate of drug-likeness (QED) is 0.385. The van der Waals surface area contributed by atoms with Crippen LogP contribution in [0.1, 0.15) is 59.3 Å². The topological polar surface area (TPSA) is 94.6 Å². The number of piperidine rings is 1. The minimum atomic E-state index is -4.67. The molecule has 2 aliphatic rings. The Morgan fingerprint density at radius 3 is 2.46 bits per heavy atom. The van der Waals surface area contributed by atoms with Crippen LogP contribution in [-0.4, -0.2) is 55.8 Å². The molecule has 0 unspecified atom stereocenters. The molecule has 0 atom stereocenters. The van der Waals surface area contributed by atoms with Gasteiger partial charge >= 0.3 is 12.1 Å². The number of halogens is 3. The SMILES string of the molecule is Cc1cc(C(=O)COC(=O)C2CCN(c3ccc4nnc(C(F)(F)F)n4n3)CC2)c(C)n1C1CC1. The second-order valence-electron chi connectivity index (χ2n) is 9.16. The number of ketones is 1. The van der Waals surface area contributed by atoms with E-state index in [2.05, 4.69) is 19.9 Å². The minimum Gasteiger partial charge on any atom is -0.457 e. The summed E-state index contributed by atoms with van der Waals surface area (Å²) in [5, 5.41) is 10.7. The third kappa shape index (κ3) is 4.48. The largest absolute Gasteiger partial charge is 0.457 e. The zero-order valence-corrected chi connectivity index (χ0v) is 19.4. The summed E-state index contributed by atoms with van der Waals surface area (Å²) in [6.45, 7) is 4.41. The fourth-order valence-corrected chi connectivity index (χ4v) is 4.76. The van der Waals surface area contributed by atoms with Gasteiger partial charge in [-0.25, -0.2) is 0 Å². The molecule has 0 amide bonds. The normalized spacial score (nSPS) is 17.2. The molecule has 0 bridgehead atoms. The van der Waals surface area contributed by atoms with Gasteiger partial charge in [-0.05, 0) is 57.7 Å². The van der Waals surface area contributed by atoms with Crippen LogP contribution in [0.2, 0.25) is 0 Å². The molecular formula is C23H25F3N6O3. The molecule has 4 heterocycles. The summed E-state index contributed by atoms with van der Waals surface area (Å²) in [6.07, 6.45) is -1.56. The molecule has 35 heavy (non-hydrogen) atoms. The van der Waals surface area contributed by atoms with Crippen LogP contribution in [0.3, 0.4) is 0 Å². The number of nitrogens with zero attached hydrogens (tertiary/aromatic N) is 6. The highest BCUT2D eigenvalue weighted by atomic mass is 19.4. The zero-order valence-electron chi connectivity index (χ0n) is 19.4. The van der Waals surface area contributed by atoms with Crippen molar-refractivity contribution in [1.82, 2.24) is 24.4 Å². The number of aryl methyl sites for hydroxylation is 1. The number of esters is 1. The van der Waals surface area contributed by atoms with Crippen LogP contribution in [0, 0.1) is 19.8 Å². The molecule has 12 heteroatoms. The summed E-state index contributed by atoms with van der Waals surface area (Å²) < 4.78 is 47.6. The van der Waals surface area contributed by atoms with Crippen molar-refractivity contribution in [1.29, 1.82) is 0 Å². The Hall–Kier alpha value is -3.44. The smallest absolute Gasteiger partial charge is 0.453 e. The summed E-state index contributed by atoms with van der Waals surface area (Å²) in [6, 6.07) is 5.33. The van der Waals surface area contributed by atoms with Crippen LogP contribution in [0.25, 0.3) is 5.65 Å². The van der Waals surface area contributed by atoms with Gasteiger partial charge < -0.3 is 14.2 Å². The zero-order chi connectivity index (χ0) is 24.9. The second kappa shape index (κ2) is 8.65. The molecule has 0 radical (unpaired) electrons. The fourth-order valence-electron chi connectivity index (χ4n) is 4.76. The van der Waals surface area contributed by atoms with E-state index in [0.717, 1.165) is 24.2 Å². The molecule has 1 aliphatic carbocycles. The molecule has 2 fully saturated rings. The Morgan fingerprint density at radius 2 is 1.80 bits per heavy atom. The molecule has 0 spiro atoms. The van der Waals surface area contributed by atoms with Gasteiger partial charge in [-0.1, -0.05) is 0 Å². The highest BCUT2D eigenvalue weighted by Gasteiger charge is 2.38. The molecule has 3 aromatic heterocycles. The average Bonchev–Trinajstić information content (AvgIpc) is 3.48. The molecule has 9 nitrogen and oxygen atoms in total. The first-order chi connectivity index (χ1) is 16.6. The maximum atomic E-state index is 13.1. The molecule has 3 aromatic rings. The molecule has 0 N–H and O–H groups in total. The van der Waals surface area contributed by atoms with E-state index in [1.807, 2.05) is 19.9 Å². The summed E-state index contributed by atoms with van der Waals surface area (Å²) >= 11 is 0. The van der Waals surface area contributed by atoms with Crippen LogP contribution in [0.4, 0.5) is 19.0 Å². The van der Waals surface area contributed by atoms with Crippen molar-refractivity contribution in [2.45, 2.75) is 51.7 Å². The first-order valence-corrected chi connectivity index (χ1v) is 11.6. The van der Waals surface area contributed by atoms with Crippen molar-refractivity contribution in [3.05, 3.63) is 41.0 Å². The number of carbonyl (C=O) groups is 2. The molecule has 5 rings (SSSR count). The van der Waals surface area contributed by atoms with E-state index >= 15 is 0 Å².